The molecule has 43 heavy (non-hydrogen) atoms. The van der Waals surface area contributed by atoms with Gasteiger partial charge in [-0.1, -0.05) is 27.7 Å². The number of alkyl carbamates (subject to hydrolysis) is 2. The second-order valence-corrected chi connectivity index (χ2v) is 9.38. The Morgan fingerprint density at radius 2 is 1.28 bits per heavy atom. The van der Waals surface area contributed by atoms with Gasteiger partial charge in [0.05, 0.1) is 11.6 Å². The molecule has 0 saturated carbocycles. The summed E-state index contributed by atoms with van der Waals surface area (Å²) in [7, 11) is 1.21. The van der Waals surface area contributed by atoms with Crippen LogP contribution < -0.4 is 21.7 Å². The highest BCUT2D eigenvalue weighted by molar-refractivity contribution is 5.95. The summed E-state index contributed by atoms with van der Waals surface area (Å²) in [6.07, 6.45) is -15.6. The molecule has 1 aromatic rings. The van der Waals surface area contributed by atoms with Gasteiger partial charge in [0.15, 0.2) is 18.9 Å². The molecule has 3 amide bonds. The van der Waals surface area contributed by atoms with Crippen molar-refractivity contribution in [3.63, 3.8) is 0 Å². The maximum atomic E-state index is 12.9. The largest absolute Gasteiger partial charge is 0.440 e. The molecule has 0 radical (unpaired) electrons. The number of carbonyl (C=O) groups excluding carboxylic acids is 3. The van der Waals surface area contributed by atoms with E-state index in [1.807, 2.05) is 0 Å². The Hall–Kier alpha value is -3.16. The van der Waals surface area contributed by atoms with E-state index in [1.165, 1.54) is 7.05 Å². The molecule has 0 fully saturated rings. The van der Waals surface area contributed by atoms with Crippen LogP contribution in [0.25, 0.3) is 0 Å². The van der Waals surface area contributed by atoms with Crippen LogP contribution in [0.2, 0.25) is 0 Å². The molecule has 0 saturated heterocycles. The van der Waals surface area contributed by atoms with Crippen LogP contribution in [-0.2, 0) is 22.7 Å². The first-order valence-corrected chi connectivity index (χ1v) is 12.1. The summed E-state index contributed by atoms with van der Waals surface area (Å²) in [5.41, 5.74) is 3.22. The van der Waals surface area contributed by atoms with Gasteiger partial charge in [0, 0.05) is 32.4 Å². The summed E-state index contributed by atoms with van der Waals surface area (Å²) in [6, 6.07) is -1.26. The third-order valence-electron chi connectivity index (χ3n) is 5.03. The van der Waals surface area contributed by atoms with Crippen LogP contribution in [-0.4, -0.2) is 78.6 Å². The zero-order chi connectivity index (χ0) is 33.1. The van der Waals surface area contributed by atoms with E-state index in [0.29, 0.717) is 0 Å². The summed E-state index contributed by atoms with van der Waals surface area (Å²) in [6.45, 7) is 3.21. The number of rotatable bonds is 10. The Balaban J connectivity index is 0. The van der Waals surface area contributed by atoms with Gasteiger partial charge in [-0.25, -0.2) is 9.59 Å². The minimum absolute atomic E-state index is 0. The monoisotopic (exact) mass is 668 g/mol. The molecule has 252 valence electrons. The van der Waals surface area contributed by atoms with Gasteiger partial charge < -0.3 is 31.2 Å². The number of ether oxygens (including phenoxy) is 2. The number of hydrogen-bond acceptors (Lipinski definition) is 7. The SMILES string of the molecule is CC(C)[C@@H](CN)NC(=O)OCC(F)(F)F.CC(C)[C@@H](CNC(=O)c1cn(C)nc1C(F)(F)F)NC(=O)OCC(F)(F)F.Cl. The standard InChI is InChI=1S/C14H18F6N4O3.C8H15F3N2O2.ClH/c1-7(2)9(22-12(26)27-6-13(15,16)17)4-21-11(25)8-5-24(3)23-10(8)14(18,19)20;1-5(2)6(3-12)13-7(14)15-4-8(9,10)11;/h5,7,9H,4,6H2,1-3H3,(H,21,25)(H,22,26);5-6H,3-4,12H2,1-2H3,(H,13,14);1H/t9-;6-;/m11./s1. The van der Waals surface area contributed by atoms with Crippen LogP contribution in [0.1, 0.15) is 43.7 Å². The second kappa shape index (κ2) is 17.8. The maximum Gasteiger partial charge on any atom is 0.435 e. The number of aryl methyl sites for hydroxylation is 1. The van der Waals surface area contributed by atoms with Gasteiger partial charge in [-0.15, -0.1) is 12.4 Å². The van der Waals surface area contributed by atoms with Crippen molar-refractivity contribution < 1.29 is 63.4 Å². The molecule has 0 aliphatic heterocycles. The zero-order valence-corrected chi connectivity index (χ0v) is 24.4. The number of nitrogens with zero attached hydrogens (tertiary/aromatic N) is 2. The van der Waals surface area contributed by atoms with E-state index < -0.39 is 67.1 Å². The number of alkyl halides is 9. The van der Waals surface area contributed by atoms with Crippen molar-refractivity contribution in [1.29, 1.82) is 0 Å². The quantitative estimate of drug-likeness (QED) is 0.274. The minimum atomic E-state index is -4.84. The first-order valence-electron chi connectivity index (χ1n) is 12.1. The number of aromatic nitrogens is 2. The fourth-order valence-electron chi connectivity index (χ4n) is 2.79. The molecule has 1 aromatic heterocycles. The first-order chi connectivity index (χ1) is 19.0. The minimum Gasteiger partial charge on any atom is -0.440 e. The van der Waals surface area contributed by atoms with Crippen molar-refractivity contribution in [2.45, 2.75) is 58.3 Å². The first kappa shape index (κ1) is 42.0. The molecule has 2 atom stereocenters. The van der Waals surface area contributed by atoms with Crippen molar-refractivity contribution in [3.05, 3.63) is 17.5 Å². The van der Waals surface area contributed by atoms with Gasteiger partial charge in [0.1, 0.15) is 0 Å². The lowest BCUT2D eigenvalue weighted by atomic mass is 10.0. The van der Waals surface area contributed by atoms with Crippen LogP contribution in [0, 0.1) is 11.8 Å². The van der Waals surface area contributed by atoms with E-state index in [4.69, 9.17) is 5.73 Å². The van der Waals surface area contributed by atoms with E-state index in [-0.39, 0.29) is 43.4 Å². The van der Waals surface area contributed by atoms with Gasteiger partial charge in [0.2, 0.25) is 0 Å². The Kier molecular flexibility index (Phi) is 17.4. The van der Waals surface area contributed by atoms with E-state index in [9.17, 15) is 53.9 Å². The fourth-order valence-corrected chi connectivity index (χ4v) is 2.79. The molecule has 21 heteroatoms. The molecule has 0 aliphatic carbocycles. The molecule has 0 aliphatic rings. The van der Waals surface area contributed by atoms with Crippen LogP contribution >= 0.6 is 12.4 Å². The van der Waals surface area contributed by atoms with Crippen LogP contribution in [0.4, 0.5) is 49.1 Å². The molecule has 1 heterocycles. The third-order valence-corrected chi connectivity index (χ3v) is 5.03. The molecule has 1 rings (SSSR count). The fraction of sp³-hybridized carbons (Fsp3) is 0.727. The summed E-state index contributed by atoms with van der Waals surface area (Å²) < 4.78 is 118. The van der Waals surface area contributed by atoms with Crippen LogP contribution in [0.5, 0.6) is 0 Å². The summed E-state index contributed by atoms with van der Waals surface area (Å²) in [5.74, 6) is -1.42. The van der Waals surface area contributed by atoms with Crippen molar-refractivity contribution in [3.8, 4) is 0 Å². The van der Waals surface area contributed by atoms with Crippen LogP contribution in [0.3, 0.4) is 0 Å². The molecular weight excluding hydrogens is 635 g/mol. The Morgan fingerprint density at radius 3 is 1.63 bits per heavy atom. The van der Waals surface area contributed by atoms with Crippen molar-refractivity contribution in [2.24, 2.45) is 24.6 Å². The lowest BCUT2D eigenvalue weighted by Crippen LogP contribution is -2.47. The molecule has 5 N–H and O–H groups in total. The summed E-state index contributed by atoms with van der Waals surface area (Å²) in [4.78, 5) is 34.3. The van der Waals surface area contributed by atoms with E-state index in [1.54, 1.807) is 27.7 Å². The topological polar surface area (TPSA) is 150 Å². The van der Waals surface area contributed by atoms with Crippen molar-refractivity contribution in [1.82, 2.24) is 25.7 Å². The number of carbonyl (C=O) groups is 3. The average Bonchev–Trinajstić information content (AvgIpc) is 3.24. The molecule has 0 aromatic carbocycles. The lowest BCUT2D eigenvalue weighted by molar-refractivity contribution is -0.160. The average molecular weight is 669 g/mol. The summed E-state index contributed by atoms with van der Waals surface area (Å²) in [5, 5.41) is 9.77. The summed E-state index contributed by atoms with van der Waals surface area (Å²) >= 11 is 0. The normalized spacial score (nSPS) is 13.2. The van der Waals surface area contributed by atoms with E-state index in [2.05, 4.69) is 30.5 Å². The smallest absolute Gasteiger partial charge is 0.435 e. The van der Waals surface area contributed by atoms with Crippen LogP contribution in [0.15, 0.2) is 6.20 Å². The molecular formula is C22H34ClF9N6O5. The lowest BCUT2D eigenvalue weighted by Gasteiger charge is -2.22. The predicted molar refractivity (Wildman–Crippen MR) is 135 cm³/mol. The predicted octanol–water partition coefficient (Wildman–Crippen LogP) is 4.16. The molecule has 0 unspecified atom stereocenters. The number of amides is 3. The van der Waals surface area contributed by atoms with Gasteiger partial charge in [-0.3, -0.25) is 9.48 Å². The molecule has 0 bridgehead atoms. The highest BCUT2D eigenvalue weighted by Crippen LogP contribution is 2.30. The van der Waals surface area contributed by atoms with Crippen molar-refractivity contribution >= 4 is 30.5 Å². The van der Waals surface area contributed by atoms with Gasteiger partial charge in [0.25, 0.3) is 5.91 Å². The van der Waals surface area contributed by atoms with Crippen molar-refractivity contribution in [2.75, 3.05) is 26.3 Å². The Morgan fingerprint density at radius 1 is 0.860 bits per heavy atom. The highest BCUT2D eigenvalue weighted by atomic mass is 35.5. The second-order valence-electron chi connectivity index (χ2n) is 9.38. The van der Waals surface area contributed by atoms with Gasteiger partial charge in [-0.2, -0.15) is 44.6 Å². The molecule has 0 spiro atoms. The van der Waals surface area contributed by atoms with Gasteiger partial charge in [-0.05, 0) is 11.8 Å². The van der Waals surface area contributed by atoms with Gasteiger partial charge >= 0.3 is 30.7 Å². The number of nitrogens with one attached hydrogen (secondary N) is 3. The third kappa shape index (κ3) is 18.2. The Bertz CT molecular complexity index is 1020. The Labute approximate surface area is 246 Å². The van der Waals surface area contributed by atoms with E-state index in [0.717, 1.165) is 10.9 Å². The highest BCUT2D eigenvalue weighted by Gasteiger charge is 2.39. The van der Waals surface area contributed by atoms with E-state index >= 15 is 0 Å². The number of hydrogen-bond donors (Lipinski definition) is 4. The zero-order valence-electron chi connectivity index (χ0n) is 23.5. The molecule has 11 nitrogen and oxygen atoms in total. The number of halogens is 10. The number of nitrogens with two attached hydrogens (primary N) is 1. The maximum absolute atomic E-state index is 12.9.